The quantitative estimate of drug-likeness (QED) is 0.683. The number of nitrogens with one attached hydrogen (secondary N) is 1. The minimum absolute atomic E-state index is 0.340. The SMILES string of the molecule is CC(=O)Oc1ccc2c(n1)NCCC2. The normalized spacial score (nSPS) is 14.1. The van der Waals surface area contributed by atoms with Gasteiger partial charge < -0.3 is 10.1 Å². The Kier molecular flexibility index (Phi) is 2.35. The molecule has 0 atom stereocenters. The summed E-state index contributed by atoms with van der Waals surface area (Å²) >= 11 is 0. The second-order valence-corrected chi connectivity index (χ2v) is 3.28. The zero-order chi connectivity index (χ0) is 9.97. The largest absolute Gasteiger partial charge is 0.408 e. The van der Waals surface area contributed by atoms with Crippen LogP contribution in [-0.2, 0) is 11.2 Å². The summed E-state index contributed by atoms with van der Waals surface area (Å²) in [6, 6.07) is 3.68. The van der Waals surface area contributed by atoms with Gasteiger partial charge in [0, 0.05) is 19.5 Å². The highest BCUT2D eigenvalue weighted by Gasteiger charge is 2.11. The van der Waals surface area contributed by atoms with Crippen molar-refractivity contribution in [1.29, 1.82) is 0 Å². The lowest BCUT2D eigenvalue weighted by Gasteiger charge is -2.16. The topological polar surface area (TPSA) is 51.2 Å². The Morgan fingerprint density at radius 3 is 3.21 bits per heavy atom. The minimum Gasteiger partial charge on any atom is -0.408 e. The van der Waals surface area contributed by atoms with Crippen LogP contribution in [0.15, 0.2) is 12.1 Å². The first-order valence-electron chi connectivity index (χ1n) is 4.68. The molecule has 0 spiro atoms. The van der Waals surface area contributed by atoms with E-state index in [1.54, 1.807) is 6.07 Å². The summed E-state index contributed by atoms with van der Waals surface area (Å²) in [7, 11) is 0. The molecule has 1 aliphatic heterocycles. The second kappa shape index (κ2) is 3.65. The molecule has 0 saturated carbocycles. The average Bonchev–Trinajstić information content (AvgIpc) is 2.17. The molecular formula is C10H12N2O2. The predicted molar refractivity (Wildman–Crippen MR) is 52.4 cm³/mol. The third-order valence-corrected chi connectivity index (χ3v) is 2.12. The Morgan fingerprint density at radius 1 is 1.57 bits per heavy atom. The molecule has 0 bridgehead atoms. The van der Waals surface area contributed by atoms with E-state index in [0.717, 1.165) is 25.2 Å². The number of fused-ring (bicyclic) bond motifs is 1. The van der Waals surface area contributed by atoms with Gasteiger partial charge >= 0.3 is 5.97 Å². The fourth-order valence-electron chi connectivity index (χ4n) is 1.51. The van der Waals surface area contributed by atoms with Gasteiger partial charge in [-0.05, 0) is 24.5 Å². The molecule has 0 radical (unpaired) electrons. The van der Waals surface area contributed by atoms with Crippen molar-refractivity contribution in [3.8, 4) is 5.88 Å². The number of hydrogen-bond acceptors (Lipinski definition) is 4. The van der Waals surface area contributed by atoms with Crippen molar-refractivity contribution in [3.05, 3.63) is 17.7 Å². The first-order valence-corrected chi connectivity index (χ1v) is 4.68. The minimum atomic E-state index is -0.340. The summed E-state index contributed by atoms with van der Waals surface area (Å²) in [5.41, 5.74) is 1.19. The average molecular weight is 192 g/mol. The number of nitrogens with zero attached hydrogens (tertiary/aromatic N) is 1. The number of hydrogen-bond donors (Lipinski definition) is 1. The van der Waals surface area contributed by atoms with E-state index in [4.69, 9.17) is 4.74 Å². The molecule has 0 aliphatic carbocycles. The molecule has 0 fully saturated rings. The Balaban J connectivity index is 2.24. The van der Waals surface area contributed by atoms with Crippen LogP contribution in [0.25, 0.3) is 0 Å². The summed E-state index contributed by atoms with van der Waals surface area (Å²) in [5, 5.41) is 3.17. The van der Waals surface area contributed by atoms with E-state index in [-0.39, 0.29) is 5.97 Å². The number of anilines is 1. The molecule has 2 rings (SSSR count). The maximum atomic E-state index is 10.7. The van der Waals surface area contributed by atoms with Crippen molar-refractivity contribution in [2.24, 2.45) is 0 Å². The van der Waals surface area contributed by atoms with Crippen molar-refractivity contribution < 1.29 is 9.53 Å². The molecule has 14 heavy (non-hydrogen) atoms. The summed E-state index contributed by atoms with van der Waals surface area (Å²) in [6.45, 7) is 2.30. The van der Waals surface area contributed by atoms with E-state index in [1.165, 1.54) is 12.5 Å². The first-order chi connectivity index (χ1) is 6.75. The molecule has 2 heterocycles. The van der Waals surface area contributed by atoms with E-state index in [2.05, 4.69) is 10.3 Å². The van der Waals surface area contributed by atoms with Gasteiger partial charge in [-0.1, -0.05) is 0 Å². The Bertz CT molecular complexity index is 363. The second-order valence-electron chi connectivity index (χ2n) is 3.28. The van der Waals surface area contributed by atoms with Crippen molar-refractivity contribution in [2.75, 3.05) is 11.9 Å². The molecule has 74 valence electrons. The van der Waals surface area contributed by atoms with Crippen LogP contribution in [-0.4, -0.2) is 17.5 Å². The van der Waals surface area contributed by atoms with Gasteiger partial charge in [-0.3, -0.25) is 4.79 Å². The fourth-order valence-corrected chi connectivity index (χ4v) is 1.51. The Hall–Kier alpha value is -1.58. The maximum absolute atomic E-state index is 10.7. The highest BCUT2D eigenvalue weighted by molar-refractivity contribution is 5.69. The van der Waals surface area contributed by atoms with Gasteiger partial charge in [-0.15, -0.1) is 0 Å². The van der Waals surface area contributed by atoms with Crippen molar-refractivity contribution in [2.45, 2.75) is 19.8 Å². The molecule has 4 heteroatoms. The van der Waals surface area contributed by atoms with Crippen molar-refractivity contribution in [1.82, 2.24) is 4.98 Å². The van der Waals surface area contributed by atoms with Crippen LogP contribution in [0.5, 0.6) is 5.88 Å². The van der Waals surface area contributed by atoms with Gasteiger partial charge in [0.2, 0.25) is 5.88 Å². The molecule has 1 aromatic rings. The van der Waals surface area contributed by atoms with Gasteiger partial charge in [0.1, 0.15) is 5.82 Å². The number of carbonyl (C=O) groups is 1. The molecule has 1 aromatic heterocycles. The highest BCUT2D eigenvalue weighted by atomic mass is 16.5. The van der Waals surface area contributed by atoms with Crippen molar-refractivity contribution in [3.63, 3.8) is 0 Å². The van der Waals surface area contributed by atoms with E-state index >= 15 is 0 Å². The third kappa shape index (κ3) is 1.84. The van der Waals surface area contributed by atoms with Gasteiger partial charge in [-0.25, -0.2) is 0 Å². The van der Waals surface area contributed by atoms with Crippen LogP contribution < -0.4 is 10.1 Å². The number of ether oxygens (including phenoxy) is 1. The lowest BCUT2D eigenvalue weighted by Crippen LogP contribution is -2.14. The molecule has 4 nitrogen and oxygen atoms in total. The molecule has 1 aliphatic rings. The number of aryl methyl sites for hydroxylation is 1. The molecule has 0 aromatic carbocycles. The molecule has 0 unspecified atom stereocenters. The first kappa shape index (κ1) is 8.99. The number of esters is 1. The van der Waals surface area contributed by atoms with Crippen LogP contribution in [0.4, 0.5) is 5.82 Å². The smallest absolute Gasteiger partial charge is 0.309 e. The standard InChI is InChI=1S/C10H12N2O2/c1-7(13)14-9-5-4-8-3-2-6-11-10(8)12-9/h4-5H,2-3,6H2,1H3,(H,11,12). The van der Waals surface area contributed by atoms with Crippen LogP contribution in [0.2, 0.25) is 0 Å². The van der Waals surface area contributed by atoms with Crippen molar-refractivity contribution >= 4 is 11.8 Å². The fraction of sp³-hybridized carbons (Fsp3) is 0.400. The third-order valence-electron chi connectivity index (χ3n) is 2.12. The zero-order valence-corrected chi connectivity index (χ0v) is 8.04. The number of rotatable bonds is 1. The van der Waals surface area contributed by atoms with Gasteiger partial charge in [-0.2, -0.15) is 4.98 Å². The van der Waals surface area contributed by atoms with Crippen LogP contribution in [0.1, 0.15) is 18.9 Å². The summed E-state index contributed by atoms with van der Waals surface area (Å²) < 4.78 is 4.89. The monoisotopic (exact) mass is 192 g/mol. The summed E-state index contributed by atoms with van der Waals surface area (Å²) in [6.07, 6.45) is 2.16. The van der Waals surface area contributed by atoms with E-state index < -0.39 is 0 Å². The number of pyridine rings is 1. The Labute approximate surface area is 82.3 Å². The molecular weight excluding hydrogens is 180 g/mol. The lowest BCUT2D eigenvalue weighted by atomic mass is 10.1. The molecule has 1 N–H and O–H groups in total. The van der Waals surface area contributed by atoms with Gasteiger partial charge in [0.05, 0.1) is 0 Å². The van der Waals surface area contributed by atoms with Crippen LogP contribution in [0.3, 0.4) is 0 Å². The predicted octanol–water partition coefficient (Wildman–Crippen LogP) is 1.36. The molecule has 0 saturated heterocycles. The number of carbonyl (C=O) groups excluding carboxylic acids is 1. The molecule has 0 amide bonds. The van der Waals surface area contributed by atoms with Gasteiger partial charge in [0.15, 0.2) is 0 Å². The summed E-state index contributed by atoms with van der Waals surface area (Å²) in [5.74, 6) is 0.869. The zero-order valence-electron chi connectivity index (χ0n) is 8.04. The summed E-state index contributed by atoms with van der Waals surface area (Å²) in [4.78, 5) is 14.9. The van der Waals surface area contributed by atoms with Gasteiger partial charge in [0.25, 0.3) is 0 Å². The lowest BCUT2D eigenvalue weighted by molar-refractivity contribution is -0.132. The maximum Gasteiger partial charge on any atom is 0.309 e. The Morgan fingerprint density at radius 2 is 2.43 bits per heavy atom. The van der Waals surface area contributed by atoms with Crippen LogP contribution >= 0.6 is 0 Å². The van der Waals surface area contributed by atoms with Crippen LogP contribution in [0, 0.1) is 0 Å². The highest BCUT2D eigenvalue weighted by Crippen LogP contribution is 2.22. The van der Waals surface area contributed by atoms with E-state index in [9.17, 15) is 4.79 Å². The van der Waals surface area contributed by atoms with E-state index in [0.29, 0.717) is 5.88 Å². The number of aromatic nitrogens is 1. The van der Waals surface area contributed by atoms with E-state index in [1.807, 2.05) is 6.07 Å².